The third-order valence-corrected chi connectivity index (χ3v) is 4.49. The van der Waals surface area contributed by atoms with Crippen LogP contribution in [0.15, 0.2) is 29.6 Å². The molecule has 1 amide bonds. The number of rotatable bonds is 3. The van der Waals surface area contributed by atoms with Gasteiger partial charge in [-0.15, -0.1) is 11.3 Å². The maximum absolute atomic E-state index is 12.5. The molecule has 0 unspecified atom stereocenters. The molecule has 1 aliphatic rings. The first-order chi connectivity index (χ1) is 10.1. The number of amides is 1. The second kappa shape index (κ2) is 5.77. The molecule has 0 fully saturated rings. The molecule has 110 valence electrons. The number of carbonyl (C=O) groups is 1. The molecule has 0 atom stereocenters. The fourth-order valence-electron chi connectivity index (χ4n) is 2.25. The lowest BCUT2D eigenvalue weighted by atomic mass is 10.1. The van der Waals surface area contributed by atoms with Gasteiger partial charge in [0.15, 0.2) is 11.5 Å². The van der Waals surface area contributed by atoms with Gasteiger partial charge in [-0.3, -0.25) is 4.79 Å². The topological polar surface area (TPSA) is 38.8 Å². The Bertz CT molecular complexity index is 665. The van der Waals surface area contributed by atoms with Gasteiger partial charge in [-0.25, -0.2) is 0 Å². The molecule has 0 bridgehead atoms. The zero-order valence-corrected chi connectivity index (χ0v) is 12.9. The van der Waals surface area contributed by atoms with E-state index in [0.29, 0.717) is 36.8 Å². The van der Waals surface area contributed by atoms with Crippen LogP contribution in [-0.4, -0.2) is 31.1 Å². The summed E-state index contributed by atoms with van der Waals surface area (Å²) in [6, 6.07) is 7.41. The Labute approximate surface area is 127 Å². The molecule has 0 N–H and O–H groups in total. The minimum absolute atomic E-state index is 0.0141. The van der Waals surface area contributed by atoms with Crippen molar-refractivity contribution in [3.05, 3.63) is 45.6 Å². The van der Waals surface area contributed by atoms with Gasteiger partial charge in [0.05, 0.1) is 6.54 Å². The minimum atomic E-state index is -0.0141. The van der Waals surface area contributed by atoms with Gasteiger partial charge in [0.2, 0.25) is 0 Å². The van der Waals surface area contributed by atoms with Crippen molar-refractivity contribution in [2.45, 2.75) is 13.5 Å². The second-order valence-electron chi connectivity index (χ2n) is 5.05. The van der Waals surface area contributed by atoms with Gasteiger partial charge in [0, 0.05) is 17.5 Å². The average molecular weight is 303 g/mol. The smallest absolute Gasteiger partial charge is 0.254 e. The molecule has 2 heterocycles. The number of ether oxygens (including phenoxy) is 2. The molecule has 0 aliphatic carbocycles. The van der Waals surface area contributed by atoms with E-state index in [-0.39, 0.29) is 5.91 Å². The molecule has 1 aliphatic heterocycles. The van der Waals surface area contributed by atoms with Gasteiger partial charge in [0.1, 0.15) is 13.2 Å². The molecule has 0 saturated heterocycles. The van der Waals surface area contributed by atoms with E-state index >= 15 is 0 Å². The fourth-order valence-corrected chi connectivity index (χ4v) is 3.21. The van der Waals surface area contributed by atoms with Gasteiger partial charge in [-0.05, 0) is 42.1 Å². The minimum Gasteiger partial charge on any atom is -0.486 e. The number of hydrogen-bond donors (Lipinski definition) is 0. The highest BCUT2D eigenvalue weighted by molar-refractivity contribution is 7.10. The van der Waals surface area contributed by atoms with Gasteiger partial charge in [-0.1, -0.05) is 0 Å². The molecule has 0 radical (unpaired) electrons. The summed E-state index contributed by atoms with van der Waals surface area (Å²) in [4.78, 5) is 15.4. The van der Waals surface area contributed by atoms with Crippen LogP contribution in [0.4, 0.5) is 0 Å². The Morgan fingerprint density at radius 3 is 2.71 bits per heavy atom. The monoisotopic (exact) mass is 303 g/mol. The number of hydrogen-bond acceptors (Lipinski definition) is 4. The van der Waals surface area contributed by atoms with E-state index in [0.717, 1.165) is 0 Å². The van der Waals surface area contributed by atoms with E-state index in [1.54, 1.807) is 34.4 Å². The lowest BCUT2D eigenvalue weighted by Gasteiger charge is -2.21. The van der Waals surface area contributed by atoms with Crippen LogP contribution in [-0.2, 0) is 6.54 Å². The summed E-state index contributed by atoms with van der Waals surface area (Å²) in [7, 11) is 1.82. The molecule has 5 heteroatoms. The Kier molecular flexibility index (Phi) is 3.84. The molecule has 21 heavy (non-hydrogen) atoms. The molecular weight excluding hydrogens is 286 g/mol. The van der Waals surface area contributed by atoms with E-state index in [4.69, 9.17) is 9.47 Å². The van der Waals surface area contributed by atoms with Crippen LogP contribution in [0.3, 0.4) is 0 Å². The lowest BCUT2D eigenvalue weighted by Crippen LogP contribution is -2.26. The maximum Gasteiger partial charge on any atom is 0.254 e. The van der Waals surface area contributed by atoms with Crippen molar-refractivity contribution >= 4 is 17.2 Å². The molecule has 1 aromatic carbocycles. The number of fused-ring (bicyclic) bond motifs is 1. The average Bonchev–Trinajstić information content (AvgIpc) is 2.91. The quantitative estimate of drug-likeness (QED) is 0.874. The highest BCUT2D eigenvalue weighted by Crippen LogP contribution is 2.31. The zero-order valence-electron chi connectivity index (χ0n) is 12.1. The van der Waals surface area contributed by atoms with E-state index in [9.17, 15) is 4.79 Å². The molecule has 4 nitrogen and oxygen atoms in total. The molecule has 0 saturated carbocycles. The Morgan fingerprint density at radius 1 is 1.24 bits per heavy atom. The van der Waals surface area contributed by atoms with Crippen molar-refractivity contribution in [1.29, 1.82) is 0 Å². The van der Waals surface area contributed by atoms with Crippen LogP contribution in [0, 0.1) is 6.92 Å². The predicted molar refractivity (Wildman–Crippen MR) is 82.3 cm³/mol. The summed E-state index contributed by atoms with van der Waals surface area (Å²) in [6.07, 6.45) is 0. The number of aryl methyl sites for hydroxylation is 1. The molecule has 1 aromatic heterocycles. The van der Waals surface area contributed by atoms with Crippen LogP contribution >= 0.6 is 11.3 Å². The largest absolute Gasteiger partial charge is 0.486 e. The molecule has 0 spiro atoms. The van der Waals surface area contributed by atoms with Gasteiger partial charge in [0.25, 0.3) is 5.91 Å². The number of nitrogens with zero attached hydrogens (tertiary/aromatic N) is 1. The highest BCUT2D eigenvalue weighted by atomic mass is 32.1. The summed E-state index contributed by atoms with van der Waals surface area (Å²) in [5.74, 6) is 1.34. The molecule has 3 rings (SSSR count). The van der Waals surface area contributed by atoms with Crippen molar-refractivity contribution in [1.82, 2.24) is 4.90 Å². The van der Waals surface area contributed by atoms with E-state index in [2.05, 4.69) is 13.0 Å². The van der Waals surface area contributed by atoms with Gasteiger partial charge in [-0.2, -0.15) is 0 Å². The van der Waals surface area contributed by atoms with Gasteiger partial charge < -0.3 is 14.4 Å². The first kappa shape index (κ1) is 13.9. The summed E-state index contributed by atoms with van der Waals surface area (Å²) in [5.41, 5.74) is 1.85. The normalized spacial score (nSPS) is 13.0. The number of benzene rings is 1. The highest BCUT2D eigenvalue weighted by Gasteiger charge is 2.18. The van der Waals surface area contributed by atoms with Gasteiger partial charge >= 0.3 is 0 Å². The van der Waals surface area contributed by atoms with Crippen molar-refractivity contribution in [2.75, 3.05) is 20.3 Å². The first-order valence-electron chi connectivity index (χ1n) is 6.83. The summed E-state index contributed by atoms with van der Waals surface area (Å²) in [5, 5.41) is 2.05. The molecular formula is C16H17NO3S. The van der Waals surface area contributed by atoms with E-state index in [1.807, 2.05) is 12.4 Å². The Hall–Kier alpha value is -2.01. The lowest BCUT2D eigenvalue weighted by molar-refractivity contribution is 0.0785. The zero-order chi connectivity index (χ0) is 14.8. The standard InChI is InChI=1S/C16H17NO3S/c1-11-5-8-21-15(11)10-17(2)16(18)12-3-4-13-14(9-12)20-7-6-19-13/h3-5,8-9H,6-7,10H2,1-2H3. The van der Waals surface area contributed by atoms with E-state index < -0.39 is 0 Å². The summed E-state index contributed by atoms with van der Waals surface area (Å²) in [6.45, 7) is 3.76. The first-order valence-corrected chi connectivity index (χ1v) is 7.71. The van der Waals surface area contributed by atoms with Crippen LogP contribution in [0.1, 0.15) is 20.8 Å². The SMILES string of the molecule is Cc1ccsc1CN(C)C(=O)c1ccc2c(c1)OCCO2. The van der Waals surface area contributed by atoms with Crippen molar-refractivity contribution < 1.29 is 14.3 Å². The Morgan fingerprint density at radius 2 is 2.00 bits per heavy atom. The van der Waals surface area contributed by atoms with Crippen LogP contribution in [0.5, 0.6) is 11.5 Å². The van der Waals surface area contributed by atoms with Crippen LogP contribution < -0.4 is 9.47 Å². The number of carbonyl (C=O) groups excluding carboxylic acids is 1. The van der Waals surface area contributed by atoms with Crippen molar-refractivity contribution in [3.63, 3.8) is 0 Å². The Balaban J connectivity index is 1.76. The summed E-state index contributed by atoms with van der Waals surface area (Å²) >= 11 is 1.67. The third-order valence-electron chi connectivity index (χ3n) is 3.48. The summed E-state index contributed by atoms with van der Waals surface area (Å²) < 4.78 is 11.0. The predicted octanol–water partition coefficient (Wildman–Crippen LogP) is 3.10. The van der Waals surface area contributed by atoms with E-state index in [1.165, 1.54) is 10.4 Å². The third kappa shape index (κ3) is 2.88. The maximum atomic E-state index is 12.5. The van der Waals surface area contributed by atoms with Crippen LogP contribution in [0.25, 0.3) is 0 Å². The van der Waals surface area contributed by atoms with Crippen LogP contribution in [0.2, 0.25) is 0 Å². The fraction of sp³-hybridized carbons (Fsp3) is 0.312. The second-order valence-corrected chi connectivity index (χ2v) is 6.05. The molecule has 2 aromatic rings. The number of thiophene rings is 1. The van der Waals surface area contributed by atoms with Crippen molar-refractivity contribution in [2.24, 2.45) is 0 Å². The van der Waals surface area contributed by atoms with Crippen molar-refractivity contribution in [3.8, 4) is 11.5 Å².